The van der Waals surface area contributed by atoms with Crippen LogP contribution >= 0.6 is 0 Å². The van der Waals surface area contributed by atoms with Crippen LogP contribution in [0.15, 0.2) is 0 Å². The van der Waals surface area contributed by atoms with E-state index in [1.54, 1.807) is 15.7 Å². The normalized spacial score (nSPS) is 29.9. The molecule has 0 bridgehead atoms. The lowest BCUT2D eigenvalue weighted by atomic mass is 10.00. The maximum absolute atomic E-state index is 12.7. The molecule has 0 saturated carbocycles. The van der Waals surface area contributed by atoms with Gasteiger partial charge < -0.3 is 10.1 Å². The van der Waals surface area contributed by atoms with Crippen LogP contribution in [-0.4, -0.2) is 70.5 Å². The number of nitrogens with zero attached hydrogens (tertiary/aromatic N) is 2. The monoisotopic (exact) mass is 305 g/mol. The Balaban J connectivity index is 1.96. The number of methoxy groups -OCH3 is 1. The van der Waals surface area contributed by atoms with Gasteiger partial charge in [-0.2, -0.15) is 17.0 Å². The second-order valence-corrected chi connectivity index (χ2v) is 7.83. The van der Waals surface area contributed by atoms with E-state index in [0.717, 1.165) is 25.8 Å². The first-order valence-electron chi connectivity index (χ1n) is 7.46. The summed E-state index contributed by atoms with van der Waals surface area (Å²) in [6.45, 7) is 4.07. The van der Waals surface area contributed by atoms with Crippen molar-refractivity contribution < 1.29 is 13.2 Å². The van der Waals surface area contributed by atoms with Crippen LogP contribution in [0.5, 0.6) is 0 Å². The summed E-state index contributed by atoms with van der Waals surface area (Å²) in [5, 5.41) is 3.15. The van der Waals surface area contributed by atoms with Crippen LogP contribution in [0.25, 0.3) is 0 Å². The summed E-state index contributed by atoms with van der Waals surface area (Å²) in [5.74, 6) is 0.772. The van der Waals surface area contributed by atoms with Crippen molar-refractivity contribution in [3.63, 3.8) is 0 Å². The highest BCUT2D eigenvalue weighted by Gasteiger charge is 2.37. The Morgan fingerprint density at radius 1 is 1.15 bits per heavy atom. The predicted octanol–water partition coefficient (Wildman–Crippen LogP) is 0.131. The third-order valence-electron chi connectivity index (χ3n) is 4.28. The molecule has 2 saturated heterocycles. The highest BCUT2D eigenvalue weighted by Crippen LogP contribution is 2.25. The predicted molar refractivity (Wildman–Crippen MR) is 78.7 cm³/mol. The van der Waals surface area contributed by atoms with Gasteiger partial charge in [0.25, 0.3) is 10.2 Å². The molecule has 0 aliphatic carbocycles. The van der Waals surface area contributed by atoms with Gasteiger partial charge in [0.1, 0.15) is 0 Å². The van der Waals surface area contributed by atoms with Gasteiger partial charge in [-0.3, -0.25) is 0 Å². The van der Waals surface area contributed by atoms with E-state index >= 15 is 0 Å². The quantitative estimate of drug-likeness (QED) is 0.758. The van der Waals surface area contributed by atoms with Gasteiger partial charge in [-0.15, -0.1) is 0 Å². The topological polar surface area (TPSA) is 61.9 Å². The molecule has 2 rings (SSSR count). The molecule has 1 N–H and O–H groups in total. The lowest BCUT2D eigenvalue weighted by Gasteiger charge is -2.34. The van der Waals surface area contributed by atoms with Crippen LogP contribution < -0.4 is 5.32 Å². The SMILES string of the molecule is CNCC1CCCN(S(=O)(=O)N2CCC(COC)C2)C1. The molecule has 2 fully saturated rings. The molecular formula is C13H27N3O3S. The van der Waals surface area contributed by atoms with Gasteiger partial charge in [-0.25, -0.2) is 0 Å². The number of hydrogen-bond acceptors (Lipinski definition) is 4. The van der Waals surface area contributed by atoms with E-state index in [1.165, 1.54) is 0 Å². The van der Waals surface area contributed by atoms with Gasteiger partial charge in [0.05, 0.1) is 6.61 Å². The Morgan fingerprint density at radius 3 is 2.55 bits per heavy atom. The molecule has 6 nitrogen and oxygen atoms in total. The summed E-state index contributed by atoms with van der Waals surface area (Å²) in [5.41, 5.74) is 0. The highest BCUT2D eigenvalue weighted by molar-refractivity contribution is 7.86. The van der Waals surface area contributed by atoms with Crippen molar-refractivity contribution in [2.75, 3.05) is 53.5 Å². The van der Waals surface area contributed by atoms with Crippen LogP contribution in [0.4, 0.5) is 0 Å². The summed E-state index contributed by atoms with van der Waals surface area (Å²) < 4.78 is 33.8. The third kappa shape index (κ3) is 3.71. The minimum absolute atomic E-state index is 0.340. The van der Waals surface area contributed by atoms with Crippen molar-refractivity contribution in [3.05, 3.63) is 0 Å². The van der Waals surface area contributed by atoms with Crippen molar-refractivity contribution in [1.82, 2.24) is 13.9 Å². The van der Waals surface area contributed by atoms with Gasteiger partial charge >= 0.3 is 0 Å². The van der Waals surface area contributed by atoms with Gasteiger partial charge in [-0.05, 0) is 44.7 Å². The number of hydrogen-bond donors (Lipinski definition) is 1. The molecule has 2 unspecified atom stereocenters. The molecule has 0 amide bonds. The summed E-state index contributed by atoms with van der Waals surface area (Å²) in [6.07, 6.45) is 2.97. The van der Waals surface area contributed by atoms with Crippen LogP contribution in [0, 0.1) is 11.8 Å². The van der Waals surface area contributed by atoms with Crippen molar-refractivity contribution >= 4 is 10.2 Å². The molecule has 118 valence electrons. The van der Waals surface area contributed by atoms with E-state index < -0.39 is 10.2 Å². The van der Waals surface area contributed by atoms with E-state index in [-0.39, 0.29) is 0 Å². The average Bonchev–Trinajstić information content (AvgIpc) is 2.89. The van der Waals surface area contributed by atoms with Crippen molar-refractivity contribution in [2.24, 2.45) is 11.8 Å². The third-order valence-corrected chi connectivity index (χ3v) is 6.25. The summed E-state index contributed by atoms with van der Waals surface area (Å²) in [6, 6.07) is 0. The molecule has 0 aromatic rings. The van der Waals surface area contributed by atoms with Crippen LogP contribution in [0.2, 0.25) is 0 Å². The van der Waals surface area contributed by atoms with E-state index in [9.17, 15) is 8.42 Å². The molecule has 2 atom stereocenters. The van der Waals surface area contributed by atoms with Gasteiger partial charge in [0, 0.05) is 33.3 Å². The first-order valence-corrected chi connectivity index (χ1v) is 8.86. The summed E-state index contributed by atoms with van der Waals surface area (Å²) in [4.78, 5) is 0. The Hall–Kier alpha value is -0.210. The maximum atomic E-state index is 12.7. The van der Waals surface area contributed by atoms with E-state index in [1.807, 2.05) is 7.05 Å². The van der Waals surface area contributed by atoms with E-state index in [2.05, 4.69) is 5.32 Å². The number of ether oxygens (including phenoxy) is 1. The van der Waals surface area contributed by atoms with Gasteiger partial charge in [0.15, 0.2) is 0 Å². The molecule has 0 spiro atoms. The van der Waals surface area contributed by atoms with Crippen LogP contribution in [0.3, 0.4) is 0 Å². The van der Waals surface area contributed by atoms with E-state index in [0.29, 0.717) is 44.6 Å². The van der Waals surface area contributed by atoms with Crippen molar-refractivity contribution in [3.8, 4) is 0 Å². The average molecular weight is 305 g/mol. The zero-order valence-corrected chi connectivity index (χ0v) is 13.4. The van der Waals surface area contributed by atoms with Gasteiger partial charge in [0.2, 0.25) is 0 Å². The van der Waals surface area contributed by atoms with Gasteiger partial charge in [-0.1, -0.05) is 0 Å². The Labute approximate surface area is 122 Å². The molecule has 2 heterocycles. The van der Waals surface area contributed by atoms with Crippen molar-refractivity contribution in [2.45, 2.75) is 19.3 Å². The molecule has 0 aromatic heterocycles. The fourth-order valence-corrected chi connectivity index (χ4v) is 5.05. The standard InChI is InChI=1S/C13H27N3O3S/c1-14-8-12-4-3-6-15(9-12)20(17,18)16-7-5-13(10-16)11-19-2/h12-14H,3-11H2,1-2H3. The highest BCUT2D eigenvalue weighted by atomic mass is 32.2. The molecule has 2 aliphatic heterocycles. The molecule has 20 heavy (non-hydrogen) atoms. The largest absolute Gasteiger partial charge is 0.384 e. The Kier molecular flexibility index (Phi) is 5.80. The maximum Gasteiger partial charge on any atom is 0.281 e. The molecular weight excluding hydrogens is 278 g/mol. The molecule has 0 aromatic carbocycles. The van der Waals surface area contributed by atoms with Crippen LogP contribution in [0.1, 0.15) is 19.3 Å². The summed E-state index contributed by atoms with van der Waals surface area (Å²) >= 11 is 0. The smallest absolute Gasteiger partial charge is 0.281 e. The Bertz CT molecular complexity index is 400. The Morgan fingerprint density at radius 2 is 1.85 bits per heavy atom. The number of nitrogens with one attached hydrogen (secondary N) is 1. The minimum Gasteiger partial charge on any atom is -0.384 e. The zero-order valence-electron chi connectivity index (χ0n) is 12.5. The second-order valence-electron chi connectivity index (χ2n) is 5.90. The number of rotatable bonds is 6. The van der Waals surface area contributed by atoms with E-state index in [4.69, 9.17) is 4.74 Å². The zero-order chi connectivity index (χ0) is 14.6. The lowest BCUT2D eigenvalue weighted by Crippen LogP contribution is -2.48. The second kappa shape index (κ2) is 7.17. The first-order chi connectivity index (χ1) is 9.57. The van der Waals surface area contributed by atoms with Crippen LogP contribution in [-0.2, 0) is 14.9 Å². The minimum atomic E-state index is -3.28. The lowest BCUT2D eigenvalue weighted by molar-refractivity contribution is 0.157. The molecule has 7 heteroatoms. The summed E-state index contributed by atoms with van der Waals surface area (Å²) in [7, 11) is 0.310. The van der Waals surface area contributed by atoms with Crippen molar-refractivity contribution in [1.29, 1.82) is 0 Å². The molecule has 2 aliphatic rings. The fourth-order valence-electron chi connectivity index (χ4n) is 3.23. The fraction of sp³-hybridized carbons (Fsp3) is 1.00. The first kappa shape index (κ1) is 16.2. The number of piperidine rings is 1. The molecule has 0 radical (unpaired) electrons.